The van der Waals surface area contributed by atoms with Gasteiger partial charge < -0.3 is 25.0 Å². The number of methoxy groups -OCH3 is 1. The average Bonchev–Trinajstić information content (AvgIpc) is 2.95. The lowest BCUT2D eigenvalue weighted by Crippen LogP contribution is -2.22. The van der Waals surface area contributed by atoms with Crippen molar-refractivity contribution in [1.29, 1.82) is 0 Å². The molecular formula is C30H35F3N6O2. The highest BCUT2D eigenvalue weighted by atomic mass is 19.3. The lowest BCUT2D eigenvalue weighted by atomic mass is 10.00. The number of anilines is 3. The molecule has 218 valence electrons. The third kappa shape index (κ3) is 6.52. The van der Waals surface area contributed by atoms with E-state index in [4.69, 9.17) is 9.84 Å². The summed E-state index contributed by atoms with van der Waals surface area (Å²) in [6.07, 6.45) is 2.51. The van der Waals surface area contributed by atoms with Gasteiger partial charge in [-0.2, -0.15) is 8.78 Å². The Labute approximate surface area is 237 Å². The second-order valence-electron chi connectivity index (χ2n) is 10.2. The first-order valence-corrected chi connectivity index (χ1v) is 13.2. The molecule has 2 aromatic heterocycles. The van der Waals surface area contributed by atoms with Crippen molar-refractivity contribution in [3.63, 3.8) is 0 Å². The molecule has 0 aliphatic carbocycles. The zero-order chi connectivity index (χ0) is 29.9. The second-order valence-corrected chi connectivity index (χ2v) is 10.2. The molecule has 11 heteroatoms. The summed E-state index contributed by atoms with van der Waals surface area (Å²) in [5, 5.41) is 12.9. The highest BCUT2D eigenvalue weighted by molar-refractivity contribution is 5.92. The van der Waals surface area contributed by atoms with Crippen LogP contribution in [0.3, 0.4) is 0 Å². The lowest BCUT2D eigenvalue weighted by molar-refractivity contribution is -0.0583. The predicted octanol–water partition coefficient (Wildman–Crippen LogP) is 5.61. The van der Waals surface area contributed by atoms with Crippen molar-refractivity contribution in [2.45, 2.75) is 32.2 Å². The molecule has 1 atom stereocenters. The van der Waals surface area contributed by atoms with E-state index in [0.717, 1.165) is 36.0 Å². The van der Waals surface area contributed by atoms with Gasteiger partial charge in [0.1, 0.15) is 24.1 Å². The molecule has 4 rings (SSSR count). The largest absolute Gasteiger partial charge is 0.481 e. The molecule has 0 spiro atoms. The first-order chi connectivity index (χ1) is 19.4. The van der Waals surface area contributed by atoms with Gasteiger partial charge in [-0.05, 0) is 64.7 Å². The number of nitrogens with one attached hydrogen (secondary N) is 1. The number of rotatable bonds is 11. The van der Waals surface area contributed by atoms with Crippen molar-refractivity contribution in [3.8, 4) is 5.88 Å². The van der Waals surface area contributed by atoms with Crippen molar-refractivity contribution in [3.05, 3.63) is 77.0 Å². The van der Waals surface area contributed by atoms with Crippen molar-refractivity contribution < 1.29 is 23.0 Å². The fourth-order valence-electron chi connectivity index (χ4n) is 4.61. The second kappa shape index (κ2) is 12.3. The number of benzene rings is 2. The number of pyridine rings is 1. The Balaban J connectivity index is 1.69. The van der Waals surface area contributed by atoms with Crippen LogP contribution >= 0.6 is 0 Å². The Bertz CT molecular complexity index is 1530. The number of hydrogen-bond acceptors (Lipinski definition) is 8. The van der Waals surface area contributed by atoms with Crippen LogP contribution in [0.5, 0.6) is 5.88 Å². The maximum absolute atomic E-state index is 15.2. The number of hydrogen-bond donors (Lipinski definition) is 2. The summed E-state index contributed by atoms with van der Waals surface area (Å²) in [6, 6.07) is 10.8. The third-order valence-corrected chi connectivity index (χ3v) is 6.94. The number of aryl methyl sites for hydroxylation is 1. The molecule has 0 aliphatic rings. The van der Waals surface area contributed by atoms with E-state index in [1.165, 1.54) is 12.1 Å². The van der Waals surface area contributed by atoms with Crippen molar-refractivity contribution in [1.82, 2.24) is 19.9 Å². The number of likely N-dealkylation sites (N-methyl/N-ethyl adjacent to an activating group) is 1. The maximum atomic E-state index is 15.2. The summed E-state index contributed by atoms with van der Waals surface area (Å²) in [4.78, 5) is 17.7. The van der Waals surface area contributed by atoms with Crippen LogP contribution in [0.15, 0.2) is 48.7 Å². The molecule has 0 unspecified atom stereocenters. The van der Waals surface area contributed by atoms with Gasteiger partial charge in [0.15, 0.2) is 0 Å². The van der Waals surface area contributed by atoms with E-state index in [-0.39, 0.29) is 5.56 Å². The number of alkyl halides is 2. The van der Waals surface area contributed by atoms with Crippen molar-refractivity contribution in [2.75, 3.05) is 51.6 Å². The van der Waals surface area contributed by atoms with Gasteiger partial charge in [-0.15, -0.1) is 0 Å². The smallest absolute Gasteiger partial charge is 0.298 e. The molecule has 0 saturated carbocycles. The summed E-state index contributed by atoms with van der Waals surface area (Å²) in [6.45, 7) is 2.77. The van der Waals surface area contributed by atoms with Gasteiger partial charge in [0.05, 0.1) is 36.1 Å². The van der Waals surface area contributed by atoms with E-state index in [2.05, 4.69) is 25.2 Å². The monoisotopic (exact) mass is 568 g/mol. The normalized spacial score (nSPS) is 12.6. The quantitative estimate of drug-likeness (QED) is 0.242. The van der Waals surface area contributed by atoms with Gasteiger partial charge in [0.2, 0.25) is 5.88 Å². The molecule has 41 heavy (non-hydrogen) atoms. The first-order valence-electron chi connectivity index (χ1n) is 13.2. The fraction of sp³-hybridized carbons (Fsp3) is 0.367. The minimum absolute atomic E-state index is 0.0304. The van der Waals surface area contributed by atoms with Crippen LogP contribution in [-0.4, -0.2) is 66.4 Å². The number of fused-ring (bicyclic) bond motifs is 1. The van der Waals surface area contributed by atoms with Crippen molar-refractivity contribution >= 4 is 28.1 Å². The molecule has 8 nitrogen and oxygen atoms in total. The number of nitrogens with zero attached hydrogens (tertiary/aromatic N) is 5. The first kappa shape index (κ1) is 30.0. The van der Waals surface area contributed by atoms with E-state index in [9.17, 15) is 8.78 Å². The standard InChI is InChI=1S/C30H35F3N6O2/c1-18(23-8-7-9-25(27(23)31)30(32,33)17-40)35-28-24-15-21(10-11-26(24)36-19(2)37-28)39(5)22-14-20(12-13-38(3)4)29(41-6)34-16-22/h7-11,14-16,18,40H,12-13,17H2,1-6H3,(H,35,36,37)/t18-/m1/s1. The molecule has 0 radical (unpaired) electrons. The summed E-state index contributed by atoms with van der Waals surface area (Å²) < 4.78 is 48.9. The summed E-state index contributed by atoms with van der Waals surface area (Å²) in [5.74, 6) is -3.24. The van der Waals surface area contributed by atoms with Crippen molar-refractivity contribution in [2.24, 2.45) is 0 Å². The van der Waals surface area contributed by atoms with Crippen LogP contribution < -0.4 is 15.0 Å². The molecule has 0 bridgehead atoms. The molecule has 0 aliphatic heterocycles. The van der Waals surface area contributed by atoms with E-state index in [1.807, 2.05) is 50.3 Å². The molecular weight excluding hydrogens is 533 g/mol. The van der Waals surface area contributed by atoms with Gasteiger partial charge in [0, 0.05) is 35.8 Å². The minimum atomic E-state index is -3.69. The number of aliphatic hydroxyl groups is 1. The molecule has 0 saturated heterocycles. The van der Waals surface area contributed by atoms with Crippen LogP contribution in [0.1, 0.15) is 35.5 Å². The van der Waals surface area contributed by atoms with E-state index < -0.39 is 30.0 Å². The van der Waals surface area contributed by atoms with E-state index in [1.54, 1.807) is 27.2 Å². The summed E-state index contributed by atoms with van der Waals surface area (Å²) in [5.41, 5.74) is 2.53. The lowest BCUT2D eigenvalue weighted by Gasteiger charge is -2.23. The predicted molar refractivity (Wildman–Crippen MR) is 155 cm³/mol. The van der Waals surface area contributed by atoms with Gasteiger partial charge in [-0.3, -0.25) is 0 Å². The topological polar surface area (TPSA) is 86.6 Å². The highest BCUT2D eigenvalue weighted by Crippen LogP contribution is 2.35. The Morgan fingerprint density at radius 3 is 2.51 bits per heavy atom. The zero-order valence-corrected chi connectivity index (χ0v) is 24.0. The highest BCUT2D eigenvalue weighted by Gasteiger charge is 2.35. The maximum Gasteiger partial charge on any atom is 0.298 e. The van der Waals surface area contributed by atoms with Gasteiger partial charge in [-0.1, -0.05) is 12.1 Å². The molecule has 2 heterocycles. The van der Waals surface area contributed by atoms with Crippen LogP contribution in [-0.2, 0) is 12.3 Å². The Hall–Kier alpha value is -3.96. The Morgan fingerprint density at radius 2 is 1.83 bits per heavy atom. The number of halogens is 3. The molecule has 2 N–H and O–H groups in total. The molecule has 0 fully saturated rings. The summed E-state index contributed by atoms with van der Waals surface area (Å²) >= 11 is 0. The number of aromatic nitrogens is 3. The van der Waals surface area contributed by atoms with Crippen LogP contribution in [0, 0.1) is 12.7 Å². The van der Waals surface area contributed by atoms with E-state index in [0.29, 0.717) is 28.4 Å². The average molecular weight is 569 g/mol. The van der Waals surface area contributed by atoms with Gasteiger partial charge in [0.25, 0.3) is 5.92 Å². The van der Waals surface area contributed by atoms with Crippen LogP contribution in [0.2, 0.25) is 0 Å². The molecule has 0 amide bonds. The molecule has 2 aromatic carbocycles. The van der Waals surface area contributed by atoms with Gasteiger partial charge in [-0.25, -0.2) is 19.3 Å². The van der Waals surface area contributed by atoms with E-state index >= 15 is 4.39 Å². The SMILES string of the molecule is COc1ncc(N(C)c2ccc3nc(C)nc(N[C@H](C)c4cccc(C(F)(F)CO)c4F)c3c2)cc1CCN(C)C. The third-order valence-electron chi connectivity index (χ3n) is 6.94. The Morgan fingerprint density at radius 1 is 1.07 bits per heavy atom. The Kier molecular flexibility index (Phi) is 8.98. The zero-order valence-electron chi connectivity index (χ0n) is 24.0. The fourth-order valence-corrected chi connectivity index (χ4v) is 4.61. The molecule has 4 aromatic rings. The number of aliphatic hydroxyl groups excluding tert-OH is 1. The number of ether oxygens (including phenoxy) is 1. The van der Waals surface area contributed by atoms with Crippen LogP contribution in [0.4, 0.5) is 30.4 Å². The minimum Gasteiger partial charge on any atom is -0.481 e. The van der Waals surface area contributed by atoms with Crippen LogP contribution in [0.25, 0.3) is 10.9 Å². The van der Waals surface area contributed by atoms with Gasteiger partial charge >= 0.3 is 0 Å². The summed E-state index contributed by atoms with van der Waals surface area (Å²) in [7, 11) is 7.55.